The first kappa shape index (κ1) is 13.2. The van der Waals surface area contributed by atoms with Crippen LogP contribution in [0.3, 0.4) is 0 Å². The standard InChI is InChI=1S/C14H19OS/c1-4-5-6-7-12-16(3,15)14-10-8-13(2)9-11-14/h8-11,15H,3-6H2,1-2H3. The van der Waals surface area contributed by atoms with Crippen molar-refractivity contribution in [1.82, 2.24) is 0 Å². The minimum absolute atomic E-state index is 0.835. The second kappa shape index (κ2) is 5.98. The Labute approximate surface area is 100 Å². The number of hydrogen-bond acceptors (Lipinski definition) is 1. The second-order valence-electron chi connectivity index (χ2n) is 3.90. The van der Waals surface area contributed by atoms with Gasteiger partial charge in [-0.05, 0) is 41.0 Å². The molecule has 0 aromatic heterocycles. The topological polar surface area (TPSA) is 20.2 Å². The van der Waals surface area contributed by atoms with E-state index in [1.54, 1.807) is 0 Å². The molecule has 1 radical (unpaired) electrons. The van der Waals surface area contributed by atoms with Crippen molar-refractivity contribution in [1.29, 1.82) is 0 Å². The van der Waals surface area contributed by atoms with Crippen LogP contribution in [0, 0.1) is 24.4 Å². The molecule has 87 valence electrons. The molecule has 1 atom stereocenters. The molecular weight excluding hydrogens is 216 g/mol. The molecule has 1 aromatic rings. The van der Waals surface area contributed by atoms with Crippen LogP contribution >= 0.6 is 10.3 Å². The average Bonchev–Trinajstić information content (AvgIpc) is 2.25. The molecular formula is C14H19OS. The molecule has 0 saturated carbocycles. The second-order valence-corrected chi connectivity index (χ2v) is 5.98. The Hall–Kier alpha value is -0.910. The van der Waals surface area contributed by atoms with Gasteiger partial charge in [0.1, 0.15) is 0 Å². The van der Waals surface area contributed by atoms with Gasteiger partial charge < -0.3 is 4.55 Å². The highest BCUT2D eigenvalue weighted by Crippen LogP contribution is 2.49. The van der Waals surface area contributed by atoms with E-state index in [1.807, 2.05) is 31.2 Å². The third-order valence-electron chi connectivity index (χ3n) is 2.31. The van der Waals surface area contributed by atoms with Crippen LogP contribution in [0.15, 0.2) is 29.2 Å². The molecule has 1 unspecified atom stereocenters. The summed E-state index contributed by atoms with van der Waals surface area (Å²) >= 11 is 0. The molecule has 0 amide bonds. The summed E-state index contributed by atoms with van der Waals surface area (Å²) in [6.45, 7) is 4.15. The molecule has 1 aromatic carbocycles. The summed E-state index contributed by atoms with van der Waals surface area (Å²) in [5, 5.41) is 2.91. The fourth-order valence-electron chi connectivity index (χ4n) is 1.26. The van der Waals surface area contributed by atoms with Crippen molar-refractivity contribution in [2.75, 3.05) is 0 Å². The van der Waals surface area contributed by atoms with Gasteiger partial charge in [-0.2, -0.15) is 0 Å². The fourth-order valence-corrected chi connectivity index (χ4v) is 2.30. The van der Waals surface area contributed by atoms with Gasteiger partial charge in [0.05, 0.1) is 0 Å². The summed E-state index contributed by atoms with van der Waals surface area (Å²) in [6, 6.07) is 7.77. The summed E-state index contributed by atoms with van der Waals surface area (Å²) < 4.78 is 10.2. The van der Waals surface area contributed by atoms with Crippen LogP contribution < -0.4 is 0 Å². The van der Waals surface area contributed by atoms with Gasteiger partial charge in [-0.15, -0.1) is 0 Å². The summed E-state index contributed by atoms with van der Waals surface area (Å²) in [4.78, 5) is 0.835. The van der Waals surface area contributed by atoms with Gasteiger partial charge in [-0.25, -0.2) is 0 Å². The zero-order valence-electron chi connectivity index (χ0n) is 9.99. The quantitative estimate of drug-likeness (QED) is 0.601. The first-order valence-corrected chi connectivity index (χ1v) is 7.27. The van der Waals surface area contributed by atoms with Crippen LogP contribution in [0.2, 0.25) is 0 Å². The predicted octanol–water partition coefficient (Wildman–Crippen LogP) is 4.57. The molecule has 0 fully saturated rings. The van der Waals surface area contributed by atoms with Crippen LogP contribution in [-0.4, -0.2) is 4.55 Å². The highest BCUT2D eigenvalue weighted by molar-refractivity contribution is 8.34. The number of hydrogen-bond donors (Lipinski definition) is 1. The Morgan fingerprint density at radius 1 is 1.31 bits per heavy atom. The monoisotopic (exact) mass is 235 g/mol. The lowest BCUT2D eigenvalue weighted by molar-refractivity contribution is 0.644. The summed E-state index contributed by atoms with van der Waals surface area (Å²) in [6.07, 6.45) is 6.88. The van der Waals surface area contributed by atoms with E-state index in [2.05, 4.69) is 24.4 Å². The summed E-state index contributed by atoms with van der Waals surface area (Å²) in [7, 11) is -2.17. The van der Waals surface area contributed by atoms with E-state index < -0.39 is 10.3 Å². The van der Waals surface area contributed by atoms with Crippen LogP contribution in [0.25, 0.3) is 0 Å². The number of unbranched alkanes of at least 4 members (excludes halogenated alkanes) is 2. The molecule has 16 heavy (non-hydrogen) atoms. The van der Waals surface area contributed by atoms with Crippen molar-refractivity contribution in [3.63, 3.8) is 0 Å². The van der Waals surface area contributed by atoms with Crippen LogP contribution in [-0.2, 0) is 0 Å². The number of benzene rings is 1. The third kappa shape index (κ3) is 3.92. The zero-order chi connectivity index (χ0) is 12.0. The molecule has 0 aliphatic rings. The average molecular weight is 235 g/mol. The third-order valence-corrected chi connectivity index (χ3v) is 3.84. The lowest BCUT2D eigenvalue weighted by atomic mass is 10.2. The molecule has 1 nitrogen and oxygen atoms in total. The number of rotatable bonds is 3. The van der Waals surface area contributed by atoms with Gasteiger partial charge in [0, 0.05) is 17.6 Å². The Bertz CT molecular complexity index is 381. The maximum atomic E-state index is 10.2. The van der Waals surface area contributed by atoms with E-state index in [0.717, 1.165) is 24.2 Å². The van der Waals surface area contributed by atoms with Gasteiger partial charge in [-0.1, -0.05) is 37.0 Å². The minimum atomic E-state index is -2.17. The molecule has 0 heterocycles. The van der Waals surface area contributed by atoms with E-state index in [-0.39, 0.29) is 0 Å². The zero-order valence-corrected chi connectivity index (χ0v) is 10.8. The molecule has 0 saturated heterocycles. The van der Waals surface area contributed by atoms with Crippen molar-refractivity contribution < 1.29 is 4.55 Å². The van der Waals surface area contributed by atoms with Crippen molar-refractivity contribution in [3.8, 4) is 11.2 Å². The Kier molecular flexibility index (Phi) is 4.92. The van der Waals surface area contributed by atoms with Crippen molar-refractivity contribution in [2.24, 2.45) is 0 Å². The smallest absolute Gasteiger partial charge is 0.0247 e. The lowest BCUT2D eigenvalue weighted by Crippen LogP contribution is -1.91. The summed E-state index contributed by atoms with van der Waals surface area (Å²) in [5.41, 5.74) is 1.18. The molecule has 1 N–H and O–H groups in total. The molecule has 0 aliphatic heterocycles. The van der Waals surface area contributed by atoms with Gasteiger partial charge in [-0.3, -0.25) is 0 Å². The minimum Gasteiger partial charge on any atom is -0.336 e. The van der Waals surface area contributed by atoms with Gasteiger partial charge >= 0.3 is 0 Å². The van der Waals surface area contributed by atoms with E-state index in [9.17, 15) is 4.55 Å². The molecule has 0 spiro atoms. The number of aryl methyl sites for hydroxylation is 1. The Balaban J connectivity index is 2.75. The van der Waals surface area contributed by atoms with Gasteiger partial charge in [0.2, 0.25) is 0 Å². The molecule has 0 bridgehead atoms. The molecule has 1 rings (SSSR count). The normalized spacial score (nSPS) is 15.8. The van der Waals surface area contributed by atoms with Gasteiger partial charge in [0.25, 0.3) is 0 Å². The maximum absolute atomic E-state index is 10.2. The van der Waals surface area contributed by atoms with Crippen LogP contribution in [0.4, 0.5) is 0 Å². The van der Waals surface area contributed by atoms with Crippen molar-refractivity contribution >= 4 is 10.3 Å². The van der Waals surface area contributed by atoms with E-state index in [0.29, 0.717) is 0 Å². The van der Waals surface area contributed by atoms with Gasteiger partial charge in [0.15, 0.2) is 0 Å². The Morgan fingerprint density at radius 3 is 2.50 bits per heavy atom. The van der Waals surface area contributed by atoms with E-state index >= 15 is 0 Å². The molecule has 2 heteroatoms. The van der Waals surface area contributed by atoms with E-state index in [4.69, 9.17) is 0 Å². The predicted molar refractivity (Wildman–Crippen MR) is 72.3 cm³/mol. The van der Waals surface area contributed by atoms with Crippen LogP contribution in [0.1, 0.15) is 31.7 Å². The summed E-state index contributed by atoms with van der Waals surface area (Å²) in [5.74, 6) is 3.01. The Morgan fingerprint density at radius 2 is 1.94 bits per heavy atom. The molecule has 0 aliphatic carbocycles. The maximum Gasteiger partial charge on any atom is 0.0247 e. The van der Waals surface area contributed by atoms with Crippen molar-refractivity contribution in [3.05, 3.63) is 36.1 Å². The van der Waals surface area contributed by atoms with E-state index in [1.165, 1.54) is 5.56 Å². The largest absolute Gasteiger partial charge is 0.336 e. The first-order chi connectivity index (χ1) is 7.56. The van der Waals surface area contributed by atoms with Crippen LogP contribution in [0.5, 0.6) is 0 Å². The fraction of sp³-hybridized carbons (Fsp3) is 0.357. The van der Waals surface area contributed by atoms with Crippen molar-refractivity contribution in [2.45, 2.75) is 38.0 Å². The highest BCUT2D eigenvalue weighted by atomic mass is 32.3. The SMILES string of the molecule is [CH2]S(O)(C#CCCCC)c1ccc(C)cc1. The lowest BCUT2D eigenvalue weighted by Gasteiger charge is -2.22. The highest BCUT2D eigenvalue weighted by Gasteiger charge is 2.13. The first-order valence-electron chi connectivity index (χ1n) is 5.51.